The number of nitrogens with zero attached hydrogens (tertiary/aromatic N) is 1. The first kappa shape index (κ1) is 22.7. The van der Waals surface area contributed by atoms with Crippen molar-refractivity contribution in [2.45, 2.75) is 45.9 Å². The molecule has 2 N–H and O–H groups in total. The summed E-state index contributed by atoms with van der Waals surface area (Å²) in [5.74, 6) is 0.769. The second-order valence-electron chi connectivity index (χ2n) is 7.24. The molecule has 1 aromatic rings. The number of aliphatic carboxylic acids is 1. The first-order valence-corrected chi connectivity index (χ1v) is 10.4. The summed E-state index contributed by atoms with van der Waals surface area (Å²) in [4.78, 5) is 25.4. The van der Waals surface area contributed by atoms with Crippen LogP contribution in [-0.4, -0.2) is 41.6 Å². The van der Waals surface area contributed by atoms with Gasteiger partial charge >= 0.3 is 5.97 Å². The average Bonchev–Trinajstić information content (AvgIpc) is 2.58. The molecule has 0 aliphatic heterocycles. The molecule has 146 valence electrons. The Morgan fingerprint density at radius 1 is 1.35 bits per heavy atom. The lowest BCUT2D eigenvalue weighted by Crippen LogP contribution is -2.32. The molecule has 5 nitrogen and oxygen atoms in total. The number of benzene rings is 1. The van der Waals surface area contributed by atoms with Gasteiger partial charge in [-0.2, -0.15) is 24.4 Å². The van der Waals surface area contributed by atoms with Gasteiger partial charge in [-0.3, -0.25) is 9.59 Å². The second kappa shape index (κ2) is 10.1. The molecule has 0 saturated heterocycles. The largest absolute Gasteiger partial charge is 0.481 e. The molecular weight excluding hydrogens is 368 g/mol. The highest BCUT2D eigenvalue weighted by atomic mass is 32.2. The summed E-state index contributed by atoms with van der Waals surface area (Å²) in [6, 6.07) is 6.36. The van der Waals surface area contributed by atoms with Gasteiger partial charge in [0.2, 0.25) is 5.91 Å². The van der Waals surface area contributed by atoms with Crippen molar-refractivity contribution in [2.75, 3.05) is 28.8 Å². The quantitative estimate of drug-likeness (QED) is 0.408. The number of hydrogen-bond acceptors (Lipinski definition) is 5. The van der Waals surface area contributed by atoms with Crippen LogP contribution >= 0.6 is 24.4 Å². The molecule has 26 heavy (non-hydrogen) atoms. The number of thioether (sulfide) groups is 1. The van der Waals surface area contributed by atoms with Crippen LogP contribution < -0.4 is 10.2 Å². The molecule has 0 unspecified atom stereocenters. The van der Waals surface area contributed by atoms with E-state index in [0.29, 0.717) is 23.3 Å². The predicted octanol–water partition coefficient (Wildman–Crippen LogP) is 4.13. The molecule has 1 amide bonds. The second-order valence-corrected chi connectivity index (χ2v) is 8.66. The number of thiol groups is 1. The van der Waals surface area contributed by atoms with E-state index < -0.39 is 11.4 Å². The topological polar surface area (TPSA) is 69.6 Å². The highest BCUT2D eigenvalue weighted by Crippen LogP contribution is 2.29. The lowest BCUT2D eigenvalue weighted by molar-refractivity contribution is -0.136. The Hall–Kier alpha value is -1.34. The minimum atomic E-state index is -0.796. The Morgan fingerprint density at radius 3 is 2.54 bits per heavy atom. The van der Waals surface area contributed by atoms with E-state index >= 15 is 0 Å². The van der Waals surface area contributed by atoms with E-state index in [1.807, 2.05) is 39.1 Å². The van der Waals surface area contributed by atoms with E-state index in [-0.39, 0.29) is 12.3 Å². The summed E-state index contributed by atoms with van der Waals surface area (Å²) in [5, 5.41) is 11.8. The van der Waals surface area contributed by atoms with E-state index in [4.69, 9.17) is 5.11 Å². The zero-order chi connectivity index (χ0) is 19.9. The van der Waals surface area contributed by atoms with Crippen LogP contribution in [0, 0.1) is 5.41 Å². The van der Waals surface area contributed by atoms with Gasteiger partial charge in [0.05, 0.1) is 11.8 Å². The number of carbonyl (C=O) groups is 2. The lowest BCUT2D eigenvalue weighted by atomic mass is 9.95. The Morgan fingerprint density at radius 2 is 2.00 bits per heavy atom. The number of carboxylic acid groups (broad SMARTS) is 1. The third-order valence-corrected chi connectivity index (χ3v) is 6.05. The average molecular weight is 399 g/mol. The van der Waals surface area contributed by atoms with E-state index in [0.717, 1.165) is 16.9 Å². The van der Waals surface area contributed by atoms with E-state index in [1.54, 1.807) is 11.8 Å². The summed E-state index contributed by atoms with van der Waals surface area (Å²) < 4.78 is 0. The van der Waals surface area contributed by atoms with Gasteiger partial charge in [0.15, 0.2) is 0 Å². The molecule has 0 heterocycles. The van der Waals surface area contributed by atoms with Crippen LogP contribution in [0.15, 0.2) is 18.2 Å². The number of anilines is 2. The highest BCUT2D eigenvalue weighted by Gasteiger charge is 2.26. The van der Waals surface area contributed by atoms with E-state index in [2.05, 4.69) is 36.7 Å². The van der Waals surface area contributed by atoms with Crippen LogP contribution in [0.3, 0.4) is 0 Å². The van der Waals surface area contributed by atoms with Crippen molar-refractivity contribution in [3.63, 3.8) is 0 Å². The van der Waals surface area contributed by atoms with Gasteiger partial charge in [0.25, 0.3) is 0 Å². The number of amides is 1. The normalized spacial score (nSPS) is 11.5. The Balaban J connectivity index is 3.03. The molecule has 0 aliphatic carbocycles. The summed E-state index contributed by atoms with van der Waals surface area (Å²) >= 11 is 5.82. The van der Waals surface area contributed by atoms with Gasteiger partial charge in [-0.15, -0.1) is 0 Å². The molecule has 0 atom stereocenters. The van der Waals surface area contributed by atoms with Crippen molar-refractivity contribution in [2.24, 2.45) is 5.41 Å². The van der Waals surface area contributed by atoms with Gasteiger partial charge in [0.1, 0.15) is 0 Å². The SMILES string of the molecule is CC(C)N(C)c1ccc(CSCCC(=O)O)c(NC(=O)C(C)(C)CS)c1. The molecule has 0 bridgehead atoms. The fourth-order valence-corrected chi connectivity index (χ4v) is 3.11. The molecule has 1 aromatic carbocycles. The summed E-state index contributed by atoms with van der Waals surface area (Å²) in [6.07, 6.45) is 0.132. The van der Waals surface area contributed by atoms with Gasteiger partial charge in [-0.1, -0.05) is 19.9 Å². The first-order chi connectivity index (χ1) is 12.1. The zero-order valence-corrected chi connectivity index (χ0v) is 17.9. The molecule has 0 saturated carbocycles. The van der Waals surface area contributed by atoms with Crippen LogP contribution in [-0.2, 0) is 15.3 Å². The third kappa shape index (κ3) is 6.76. The number of hydrogen-bond donors (Lipinski definition) is 3. The van der Waals surface area contributed by atoms with Crippen molar-refractivity contribution < 1.29 is 14.7 Å². The van der Waals surface area contributed by atoms with Crippen molar-refractivity contribution in [3.8, 4) is 0 Å². The molecule has 0 radical (unpaired) electrons. The zero-order valence-electron chi connectivity index (χ0n) is 16.2. The minimum absolute atomic E-state index is 0.0753. The number of nitrogens with one attached hydrogen (secondary N) is 1. The summed E-state index contributed by atoms with van der Waals surface area (Å²) in [6.45, 7) is 7.94. The Bertz CT molecular complexity index is 633. The van der Waals surface area contributed by atoms with Crippen molar-refractivity contribution in [1.82, 2.24) is 0 Å². The fraction of sp³-hybridized carbons (Fsp3) is 0.579. The fourth-order valence-electron chi connectivity index (χ4n) is 2.03. The maximum Gasteiger partial charge on any atom is 0.304 e. The van der Waals surface area contributed by atoms with Crippen molar-refractivity contribution >= 4 is 47.6 Å². The van der Waals surface area contributed by atoms with Gasteiger partial charge in [-0.05, 0) is 31.5 Å². The molecule has 0 aromatic heterocycles. The van der Waals surface area contributed by atoms with Crippen LogP contribution in [0.5, 0.6) is 0 Å². The molecular formula is C19H30N2O3S2. The molecule has 1 rings (SSSR count). The van der Waals surface area contributed by atoms with Crippen LogP contribution in [0.1, 0.15) is 39.7 Å². The molecule has 0 fully saturated rings. The molecule has 0 aliphatic rings. The summed E-state index contributed by atoms with van der Waals surface area (Å²) in [5.41, 5.74) is 2.22. The van der Waals surface area contributed by atoms with E-state index in [1.165, 1.54) is 0 Å². The van der Waals surface area contributed by atoms with Crippen molar-refractivity contribution in [1.29, 1.82) is 0 Å². The maximum absolute atomic E-state index is 12.6. The maximum atomic E-state index is 12.6. The van der Waals surface area contributed by atoms with Crippen molar-refractivity contribution in [3.05, 3.63) is 23.8 Å². The number of carbonyl (C=O) groups excluding carboxylic acids is 1. The standard InChI is InChI=1S/C19H30N2O3S2/c1-13(2)21(5)15-7-6-14(11-26-9-8-17(22)23)16(10-15)20-18(24)19(3,4)12-25/h6-7,10,13,25H,8-9,11-12H2,1-5H3,(H,20,24)(H,22,23). The van der Waals surface area contributed by atoms with Crippen LogP contribution in [0.25, 0.3) is 0 Å². The minimum Gasteiger partial charge on any atom is -0.481 e. The number of rotatable bonds is 10. The van der Waals surface area contributed by atoms with E-state index in [9.17, 15) is 9.59 Å². The monoisotopic (exact) mass is 398 g/mol. The first-order valence-electron chi connectivity index (χ1n) is 8.66. The Kier molecular flexibility index (Phi) is 8.83. The highest BCUT2D eigenvalue weighted by molar-refractivity contribution is 7.98. The van der Waals surface area contributed by atoms with Gasteiger partial charge in [-0.25, -0.2) is 0 Å². The lowest BCUT2D eigenvalue weighted by Gasteiger charge is -2.26. The predicted molar refractivity (Wildman–Crippen MR) is 115 cm³/mol. The molecule has 7 heteroatoms. The summed E-state index contributed by atoms with van der Waals surface area (Å²) in [7, 11) is 2.02. The Labute approximate surface area is 166 Å². The third-order valence-electron chi connectivity index (χ3n) is 4.25. The van der Waals surface area contributed by atoms with Crippen LogP contribution in [0.4, 0.5) is 11.4 Å². The van der Waals surface area contributed by atoms with Crippen LogP contribution in [0.2, 0.25) is 0 Å². The molecule has 0 spiro atoms. The van der Waals surface area contributed by atoms with Gasteiger partial charge in [0, 0.05) is 41.7 Å². The smallest absolute Gasteiger partial charge is 0.304 e. The number of carboxylic acids is 1. The van der Waals surface area contributed by atoms with Gasteiger partial charge < -0.3 is 15.3 Å².